The second-order valence-electron chi connectivity index (χ2n) is 9.61. The number of aliphatic hydroxyl groups excluding tert-OH is 2. The molecule has 0 unspecified atom stereocenters. The maximum Gasteiger partial charge on any atom is 0.123 e. The molecule has 2 heterocycles. The number of halogens is 2. The molecule has 1 fully saturated rings. The third-order valence-corrected chi connectivity index (χ3v) is 8.70. The number of nitrogens with zero attached hydrogens (tertiary/aromatic N) is 2. The Balaban J connectivity index is 1.29. The molecule has 3 aromatic rings. The molecule has 8 heteroatoms. The molecule has 0 spiro atoms. The van der Waals surface area contributed by atoms with Gasteiger partial charge in [-0.3, -0.25) is 4.98 Å². The smallest absolute Gasteiger partial charge is 0.123 e. The summed E-state index contributed by atoms with van der Waals surface area (Å²) in [6.45, 7) is 3.01. The zero-order chi connectivity index (χ0) is 25.5. The highest BCUT2D eigenvalue weighted by Crippen LogP contribution is 2.40. The van der Waals surface area contributed by atoms with Crippen LogP contribution in [0.15, 0.2) is 53.6 Å². The molecule has 5 nitrogen and oxygen atoms in total. The van der Waals surface area contributed by atoms with Gasteiger partial charge in [0.15, 0.2) is 0 Å². The van der Waals surface area contributed by atoms with E-state index in [1.54, 1.807) is 25.1 Å². The zero-order valence-corrected chi connectivity index (χ0v) is 22.2. The molecule has 1 aromatic heterocycles. The van der Waals surface area contributed by atoms with Crippen molar-refractivity contribution in [1.82, 2.24) is 9.88 Å². The number of rotatable bonds is 11. The maximum atomic E-state index is 13.0. The summed E-state index contributed by atoms with van der Waals surface area (Å²) < 4.78 is 18.4. The number of piperidine rings is 1. The molecule has 194 valence electrons. The monoisotopic (exact) mass is 532 g/mol. The molecule has 1 atom stereocenters. The van der Waals surface area contributed by atoms with Gasteiger partial charge in [0.25, 0.3) is 0 Å². The van der Waals surface area contributed by atoms with E-state index in [1.165, 1.54) is 12.1 Å². The lowest BCUT2D eigenvalue weighted by Gasteiger charge is -2.41. The minimum absolute atomic E-state index is 0.118. The number of hydrogen-bond donors (Lipinski definition) is 2. The van der Waals surface area contributed by atoms with Crippen LogP contribution in [0.25, 0.3) is 10.9 Å². The van der Waals surface area contributed by atoms with E-state index < -0.39 is 6.10 Å². The third kappa shape index (κ3) is 6.69. The van der Waals surface area contributed by atoms with E-state index in [1.807, 2.05) is 30.3 Å². The van der Waals surface area contributed by atoms with E-state index in [4.69, 9.17) is 16.3 Å². The number of pyridine rings is 1. The number of ether oxygens (including phenoxy) is 1. The summed E-state index contributed by atoms with van der Waals surface area (Å²) in [7, 11) is 1.61. The fraction of sp³-hybridized carbons (Fsp3) is 0.464. The summed E-state index contributed by atoms with van der Waals surface area (Å²) in [5, 5.41) is 22.7. The van der Waals surface area contributed by atoms with Crippen LogP contribution in [0, 0.1) is 11.2 Å². The van der Waals surface area contributed by atoms with Crippen LogP contribution in [0.3, 0.4) is 0 Å². The molecule has 0 bridgehead atoms. The van der Waals surface area contributed by atoms with Gasteiger partial charge in [-0.05, 0) is 105 Å². The van der Waals surface area contributed by atoms with E-state index in [9.17, 15) is 14.6 Å². The standard InChI is InChI=1S/C28H34ClFN2O3S/c1-35-21-5-8-25-23(17-21)27(24(29)18-31-25)26(34)9-10-28(19-33)11-14-32(15-12-28)13-2-16-36-22-6-3-20(30)4-7-22/h3-8,17-18,26,33-34H,2,9-16,19H2,1H3/t26-/m1/s1. The first-order chi connectivity index (χ1) is 17.4. The number of hydrogen-bond acceptors (Lipinski definition) is 6. The predicted octanol–water partition coefficient (Wildman–Crippen LogP) is 6.11. The largest absolute Gasteiger partial charge is 0.497 e. The fourth-order valence-electron chi connectivity index (χ4n) is 4.97. The molecule has 36 heavy (non-hydrogen) atoms. The van der Waals surface area contributed by atoms with Gasteiger partial charge in [0, 0.05) is 28.6 Å². The Hall–Kier alpha value is -1.90. The summed E-state index contributed by atoms with van der Waals surface area (Å²) in [5.41, 5.74) is 1.25. The third-order valence-electron chi connectivity index (χ3n) is 7.30. The molecule has 0 aliphatic carbocycles. The van der Waals surface area contributed by atoms with Gasteiger partial charge < -0.3 is 19.8 Å². The lowest BCUT2D eigenvalue weighted by molar-refractivity contribution is 0.0238. The van der Waals surface area contributed by atoms with Crippen LogP contribution in [0.5, 0.6) is 5.75 Å². The molecule has 0 saturated carbocycles. The van der Waals surface area contributed by atoms with Crippen molar-refractivity contribution in [3.63, 3.8) is 0 Å². The van der Waals surface area contributed by atoms with Crippen molar-refractivity contribution in [3.8, 4) is 5.75 Å². The first-order valence-electron chi connectivity index (χ1n) is 12.4. The number of fused-ring (bicyclic) bond motifs is 1. The number of methoxy groups -OCH3 is 1. The first kappa shape index (κ1) is 27.1. The molecule has 0 radical (unpaired) electrons. The van der Waals surface area contributed by atoms with Crippen molar-refractivity contribution in [3.05, 3.63) is 65.1 Å². The average molecular weight is 533 g/mol. The van der Waals surface area contributed by atoms with Gasteiger partial charge in [0.1, 0.15) is 11.6 Å². The fourth-order valence-corrected chi connectivity index (χ4v) is 6.08. The van der Waals surface area contributed by atoms with Gasteiger partial charge in [-0.2, -0.15) is 0 Å². The van der Waals surface area contributed by atoms with Gasteiger partial charge in [0.05, 0.1) is 23.8 Å². The van der Waals surface area contributed by atoms with Gasteiger partial charge in [-0.1, -0.05) is 11.6 Å². The Morgan fingerprint density at radius 3 is 2.64 bits per heavy atom. The van der Waals surface area contributed by atoms with Crippen molar-refractivity contribution < 1.29 is 19.3 Å². The van der Waals surface area contributed by atoms with Gasteiger partial charge in [-0.25, -0.2) is 4.39 Å². The normalized spacial score (nSPS) is 16.8. The van der Waals surface area contributed by atoms with Crippen LogP contribution in [0.4, 0.5) is 4.39 Å². The molecule has 4 rings (SSSR count). The predicted molar refractivity (Wildman–Crippen MR) is 144 cm³/mol. The lowest BCUT2D eigenvalue weighted by Crippen LogP contribution is -2.42. The topological polar surface area (TPSA) is 65.8 Å². The maximum absolute atomic E-state index is 13.0. The van der Waals surface area contributed by atoms with E-state index >= 15 is 0 Å². The summed E-state index contributed by atoms with van der Waals surface area (Å²) in [6, 6.07) is 12.2. The number of aliphatic hydroxyl groups is 2. The SMILES string of the molecule is COc1ccc2ncc(Cl)c([C@H](O)CCC3(CO)CCN(CCCSc4ccc(F)cc4)CC3)c2c1. The minimum atomic E-state index is -0.750. The second-order valence-corrected chi connectivity index (χ2v) is 11.2. The van der Waals surface area contributed by atoms with Gasteiger partial charge in [-0.15, -0.1) is 11.8 Å². The van der Waals surface area contributed by atoms with E-state index in [-0.39, 0.29) is 17.8 Å². The van der Waals surface area contributed by atoms with E-state index in [0.717, 1.165) is 66.9 Å². The molecule has 0 amide bonds. The molecular weight excluding hydrogens is 499 g/mol. The summed E-state index contributed by atoms with van der Waals surface area (Å²) >= 11 is 8.22. The molecule has 1 saturated heterocycles. The van der Waals surface area contributed by atoms with Crippen LogP contribution in [-0.4, -0.2) is 59.2 Å². The Morgan fingerprint density at radius 1 is 1.19 bits per heavy atom. The van der Waals surface area contributed by atoms with E-state index in [2.05, 4.69) is 9.88 Å². The highest BCUT2D eigenvalue weighted by atomic mass is 35.5. The Morgan fingerprint density at radius 2 is 1.94 bits per heavy atom. The van der Waals surface area contributed by atoms with Crippen LogP contribution in [0.2, 0.25) is 5.02 Å². The number of aromatic nitrogens is 1. The summed E-state index contributed by atoms with van der Waals surface area (Å²) in [6.07, 6.45) is 4.95. The van der Waals surface area contributed by atoms with Crippen LogP contribution >= 0.6 is 23.4 Å². The molecule has 2 N–H and O–H groups in total. The number of likely N-dealkylation sites (tertiary alicyclic amines) is 1. The minimum Gasteiger partial charge on any atom is -0.497 e. The van der Waals surface area contributed by atoms with Crippen molar-refractivity contribution in [1.29, 1.82) is 0 Å². The van der Waals surface area contributed by atoms with Crippen LogP contribution in [-0.2, 0) is 0 Å². The van der Waals surface area contributed by atoms with E-state index in [0.29, 0.717) is 22.8 Å². The highest BCUT2D eigenvalue weighted by Gasteiger charge is 2.34. The van der Waals surface area contributed by atoms with Crippen molar-refractivity contribution in [2.45, 2.75) is 43.1 Å². The number of benzene rings is 2. The van der Waals surface area contributed by atoms with Gasteiger partial charge in [0.2, 0.25) is 0 Å². The Kier molecular flexibility index (Phi) is 9.47. The van der Waals surface area contributed by atoms with Crippen molar-refractivity contribution >= 4 is 34.3 Å². The summed E-state index contributed by atoms with van der Waals surface area (Å²) in [4.78, 5) is 7.92. The molecule has 1 aliphatic heterocycles. The molecule has 1 aliphatic rings. The highest BCUT2D eigenvalue weighted by molar-refractivity contribution is 7.99. The zero-order valence-electron chi connectivity index (χ0n) is 20.6. The first-order valence-corrected chi connectivity index (χ1v) is 13.8. The Labute approximate surface area is 221 Å². The number of thioether (sulfide) groups is 1. The van der Waals surface area contributed by atoms with Crippen molar-refractivity contribution in [2.24, 2.45) is 5.41 Å². The quantitative estimate of drug-likeness (QED) is 0.229. The molecular formula is C28H34ClFN2O3S. The Bertz CT molecular complexity index is 1140. The van der Waals surface area contributed by atoms with Crippen LogP contribution < -0.4 is 4.74 Å². The van der Waals surface area contributed by atoms with Crippen molar-refractivity contribution in [2.75, 3.05) is 39.1 Å². The average Bonchev–Trinajstić information content (AvgIpc) is 2.91. The molecule has 2 aromatic carbocycles. The van der Waals surface area contributed by atoms with Gasteiger partial charge >= 0.3 is 0 Å². The van der Waals surface area contributed by atoms with Crippen LogP contribution in [0.1, 0.15) is 43.8 Å². The summed E-state index contributed by atoms with van der Waals surface area (Å²) in [5.74, 6) is 1.48. The lowest BCUT2D eigenvalue weighted by atomic mass is 9.74. The second kappa shape index (κ2) is 12.6.